The summed E-state index contributed by atoms with van der Waals surface area (Å²) in [5, 5.41) is 0. The average molecular weight is 450 g/mol. The fourth-order valence-corrected chi connectivity index (χ4v) is 4.85. The van der Waals surface area contributed by atoms with Gasteiger partial charge in [-0.25, -0.2) is 0 Å². The molecular weight excluding hydrogens is 418 g/mol. The minimum absolute atomic E-state index is 0.00738. The van der Waals surface area contributed by atoms with Gasteiger partial charge in [0.1, 0.15) is 5.60 Å². The van der Waals surface area contributed by atoms with Crippen LogP contribution in [0.5, 0.6) is 0 Å². The molecule has 1 saturated heterocycles. The van der Waals surface area contributed by atoms with E-state index in [1.807, 2.05) is 0 Å². The van der Waals surface area contributed by atoms with Gasteiger partial charge in [0.2, 0.25) is 0 Å². The van der Waals surface area contributed by atoms with E-state index in [-0.39, 0.29) is 6.10 Å². The summed E-state index contributed by atoms with van der Waals surface area (Å²) in [6, 6.07) is 42.2. The Bertz CT molecular complexity index is 1040. The summed E-state index contributed by atoms with van der Waals surface area (Å²) in [5.41, 5.74) is 3.96. The zero-order valence-corrected chi connectivity index (χ0v) is 19.4. The zero-order chi connectivity index (χ0) is 23.1. The van der Waals surface area contributed by atoms with Gasteiger partial charge in [-0.15, -0.1) is 0 Å². The van der Waals surface area contributed by atoms with Crippen molar-refractivity contribution in [3.63, 3.8) is 0 Å². The van der Waals surface area contributed by atoms with E-state index >= 15 is 0 Å². The van der Waals surface area contributed by atoms with E-state index in [2.05, 4.69) is 126 Å². The van der Waals surface area contributed by atoms with E-state index < -0.39 is 5.60 Å². The number of hydrogen-bond donors (Lipinski definition) is 0. The maximum absolute atomic E-state index is 6.97. The number of rotatable bonds is 8. The normalized spacial score (nSPS) is 16.9. The Morgan fingerprint density at radius 1 is 0.676 bits per heavy atom. The fourth-order valence-electron chi connectivity index (χ4n) is 4.85. The highest BCUT2D eigenvalue weighted by Gasteiger charge is 2.38. The van der Waals surface area contributed by atoms with Crippen molar-refractivity contribution in [1.82, 2.24) is 4.90 Å². The smallest absolute Gasteiger partial charge is 0.143 e. The van der Waals surface area contributed by atoms with Crippen molar-refractivity contribution >= 4 is 0 Å². The molecule has 4 aromatic carbocycles. The van der Waals surface area contributed by atoms with Crippen molar-refractivity contribution in [2.45, 2.75) is 18.2 Å². The lowest BCUT2D eigenvalue weighted by atomic mass is 9.80. The molecule has 0 radical (unpaired) electrons. The molecule has 5 rings (SSSR count). The van der Waals surface area contributed by atoms with Gasteiger partial charge in [-0.1, -0.05) is 121 Å². The Labute approximate surface area is 202 Å². The molecule has 1 aliphatic rings. The van der Waals surface area contributed by atoms with Crippen LogP contribution in [0.3, 0.4) is 0 Å². The summed E-state index contributed by atoms with van der Waals surface area (Å²) in [6.07, 6.45) is 0.00738. The molecule has 34 heavy (non-hydrogen) atoms. The van der Waals surface area contributed by atoms with Crippen LogP contribution in [-0.4, -0.2) is 37.3 Å². The molecule has 0 aliphatic carbocycles. The van der Waals surface area contributed by atoms with E-state index in [0.29, 0.717) is 6.61 Å². The van der Waals surface area contributed by atoms with Gasteiger partial charge >= 0.3 is 0 Å². The zero-order valence-electron chi connectivity index (χ0n) is 19.4. The van der Waals surface area contributed by atoms with E-state index in [0.717, 1.165) is 42.9 Å². The number of hydrogen-bond acceptors (Lipinski definition) is 3. The molecule has 0 saturated carbocycles. The molecule has 4 aromatic rings. The lowest BCUT2D eigenvalue weighted by Crippen LogP contribution is -2.46. The van der Waals surface area contributed by atoms with Crippen LogP contribution < -0.4 is 0 Å². The van der Waals surface area contributed by atoms with Crippen LogP contribution in [0.1, 0.15) is 22.3 Å². The first-order valence-electron chi connectivity index (χ1n) is 12.0. The molecule has 172 valence electrons. The molecule has 0 aromatic heterocycles. The lowest BCUT2D eigenvalue weighted by Gasteiger charge is -2.39. The van der Waals surface area contributed by atoms with Gasteiger partial charge < -0.3 is 9.47 Å². The van der Waals surface area contributed by atoms with Gasteiger partial charge in [0.25, 0.3) is 0 Å². The van der Waals surface area contributed by atoms with Crippen LogP contribution in [0.2, 0.25) is 0 Å². The van der Waals surface area contributed by atoms with E-state index in [4.69, 9.17) is 9.47 Å². The molecule has 1 fully saturated rings. The Morgan fingerprint density at radius 2 is 1.15 bits per heavy atom. The van der Waals surface area contributed by atoms with Crippen molar-refractivity contribution < 1.29 is 9.47 Å². The molecule has 0 spiro atoms. The highest BCUT2D eigenvalue weighted by Crippen LogP contribution is 2.40. The Kier molecular flexibility index (Phi) is 7.16. The molecule has 1 unspecified atom stereocenters. The molecule has 3 heteroatoms. The number of ether oxygens (including phenoxy) is 2. The Morgan fingerprint density at radius 3 is 1.65 bits per heavy atom. The summed E-state index contributed by atoms with van der Waals surface area (Å²) in [4.78, 5) is 2.46. The first-order chi connectivity index (χ1) is 16.8. The third-order valence-electron chi connectivity index (χ3n) is 6.50. The first kappa shape index (κ1) is 22.5. The van der Waals surface area contributed by atoms with E-state index in [9.17, 15) is 0 Å². The van der Waals surface area contributed by atoms with Crippen molar-refractivity contribution in [3.05, 3.63) is 144 Å². The molecule has 0 bridgehead atoms. The minimum atomic E-state index is -0.713. The lowest BCUT2D eigenvalue weighted by molar-refractivity contribution is -0.0995. The fraction of sp³-hybridized carbons (Fsp3) is 0.226. The highest BCUT2D eigenvalue weighted by atomic mass is 16.5. The SMILES string of the molecule is c1ccc(CN2CCOC(COC(c3ccccc3)(c3ccccc3)c3ccccc3)C2)cc1. The summed E-state index contributed by atoms with van der Waals surface area (Å²) >= 11 is 0. The van der Waals surface area contributed by atoms with Gasteiger partial charge in [-0.2, -0.15) is 0 Å². The Balaban J connectivity index is 1.43. The largest absolute Gasteiger partial charge is 0.373 e. The van der Waals surface area contributed by atoms with Crippen LogP contribution in [-0.2, 0) is 21.6 Å². The molecule has 0 N–H and O–H groups in total. The third kappa shape index (κ3) is 4.97. The number of benzene rings is 4. The third-order valence-corrected chi connectivity index (χ3v) is 6.50. The number of morpholine rings is 1. The van der Waals surface area contributed by atoms with Crippen LogP contribution >= 0.6 is 0 Å². The number of nitrogens with zero attached hydrogens (tertiary/aromatic N) is 1. The van der Waals surface area contributed by atoms with E-state index in [1.165, 1.54) is 5.56 Å². The van der Waals surface area contributed by atoms with Crippen LogP contribution in [0.25, 0.3) is 0 Å². The van der Waals surface area contributed by atoms with Crippen molar-refractivity contribution in [2.75, 3.05) is 26.3 Å². The molecule has 1 heterocycles. The second-order valence-electron chi connectivity index (χ2n) is 8.80. The van der Waals surface area contributed by atoms with Gasteiger partial charge in [-0.05, 0) is 22.3 Å². The molecular formula is C31H31NO2. The summed E-state index contributed by atoms with van der Waals surface area (Å²) in [6.45, 7) is 3.94. The predicted molar refractivity (Wildman–Crippen MR) is 137 cm³/mol. The standard InChI is InChI=1S/C31H31NO2/c1-5-13-26(14-6-1)23-32-21-22-33-30(24-32)25-34-31(27-15-7-2-8-16-27,28-17-9-3-10-18-28)29-19-11-4-12-20-29/h1-20,30H,21-25H2. The molecule has 0 amide bonds. The van der Waals surface area contributed by atoms with Crippen molar-refractivity contribution in [3.8, 4) is 0 Å². The monoisotopic (exact) mass is 449 g/mol. The van der Waals surface area contributed by atoms with Gasteiger partial charge in [0.15, 0.2) is 0 Å². The Hall–Kier alpha value is -3.24. The summed E-state index contributed by atoms with van der Waals surface area (Å²) in [7, 11) is 0. The topological polar surface area (TPSA) is 21.7 Å². The van der Waals surface area contributed by atoms with Crippen LogP contribution in [0.4, 0.5) is 0 Å². The maximum Gasteiger partial charge on any atom is 0.143 e. The van der Waals surface area contributed by atoms with Crippen LogP contribution in [0, 0.1) is 0 Å². The minimum Gasteiger partial charge on any atom is -0.373 e. The average Bonchev–Trinajstić information content (AvgIpc) is 2.92. The maximum atomic E-state index is 6.97. The quantitative estimate of drug-likeness (QED) is 0.313. The predicted octanol–water partition coefficient (Wildman–Crippen LogP) is 5.90. The second-order valence-corrected chi connectivity index (χ2v) is 8.80. The van der Waals surface area contributed by atoms with Crippen molar-refractivity contribution in [1.29, 1.82) is 0 Å². The van der Waals surface area contributed by atoms with Crippen LogP contribution in [0.15, 0.2) is 121 Å². The highest BCUT2D eigenvalue weighted by molar-refractivity contribution is 5.47. The second kappa shape index (κ2) is 10.8. The summed E-state index contributed by atoms with van der Waals surface area (Å²) in [5.74, 6) is 0. The van der Waals surface area contributed by atoms with Gasteiger partial charge in [-0.3, -0.25) is 4.90 Å². The first-order valence-corrected chi connectivity index (χ1v) is 12.0. The molecule has 1 atom stereocenters. The summed E-state index contributed by atoms with van der Waals surface area (Å²) < 4.78 is 13.2. The molecule has 1 aliphatic heterocycles. The van der Waals surface area contributed by atoms with Crippen molar-refractivity contribution in [2.24, 2.45) is 0 Å². The molecule has 3 nitrogen and oxygen atoms in total. The van der Waals surface area contributed by atoms with E-state index in [1.54, 1.807) is 0 Å². The van der Waals surface area contributed by atoms with Gasteiger partial charge in [0.05, 0.1) is 19.3 Å². The van der Waals surface area contributed by atoms with Gasteiger partial charge in [0, 0.05) is 19.6 Å².